The van der Waals surface area contributed by atoms with Gasteiger partial charge in [-0.05, 0) is 37.1 Å². The van der Waals surface area contributed by atoms with Crippen LogP contribution in [-0.4, -0.2) is 51.7 Å². The van der Waals surface area contributed by atoms with Gasteiger partial charge in [0.2, 0.25) is 5.78 Å². The number of furan rings is 1. The molecule has 1 aliphatic heterocycles. The van der Waals surface area contributed by atoms with Crippen LogP contribution in [0.3, 0.4) is 0 Å². The van der Waals surface area contributed by atoms with E-state index in [1.54, 1.807) is 15.5 Å². The lowest BCUT2D eigenvalue weighted by Crippen LogP contribution is -2.35. The van der Waals surface area contributed by atoms with Gasteiger partial charge in [0.1, 0.15) is 17.5 Å². The minimum atomic E-state index is -0.0916. The van der Waals surface area contributed by atoms with Gasteiger partial charge in [-0.1, -0.05) is 6.07 Å². The first-order chi connectivity index (χ1) is 16.1. The molecule has 0 spiro atoms. The van der Waals surface area contributed by atoms with E-state index in [4.69, 9.17) is 9.40 Å². The molecule has 0 unspecified atom stereocenters. The molecule has 6 rings (SSSR count). The van der Waals surface area contributed by atoms with Crippen LogP contribution in [0, 0.1) is 6.92 Å². The first-order valence-electron chi connectivity index (χ1n) is 11.2. The molecule has 1 aliphatic rings. The third kappa shape index (κ3) is 3.17. The second-order valence-corrected chi connectivity index (χ2v) is 8.39. The third-order valence-corrected chi connectivity index (χ3v) is 6.29. The summed E-state index contributed by atoms with van der Waals surface area (Å²) in [7, 11) is 0. The molecular formula is C23H24N8O2. The number of pyridine rings is 1. The van der Waals surface area contributed by atoms with E-state index in [9.17, 15) is 4.79 Å². The van der Waals surface area contributed by atoms with Crippen LogP contribution in [0.5, 0.6) is 0 Å². The van der Waals surface area contributed by atoms with Crippen LogP contribution in [-0.2, 0) is 26.1 Å². The third-order valence-electron chi connectivity index (χ3n) is 6.29. The van der Waals surface area contributed by atoms with Crippen molar-refractivity contribution in [3.8, 4) is 11.5 Å². The molecule has 33 heavy (non-hydrogen) atoms. The van der Waals surface area contributed by atoms with Gasteiger partial charge in [0.25, 0.3) is 0 Å². The number of aryl methyl sites for hydroxylation is 2. The van der Waals surface area contributed by atoms with Crippen molar-refractivity contribution in [1.29, 1.82) is 0 Å². The van der Waals surface area contributed by atoms with Crippen LogP contribution in [0.1, 0.15) is 23.7 Å². The normalized spacial score (nSPS) is 14.4. The van der Waals surface area contributed by atoms with Crippen LogP contribution in [0.2, 0.25) is 0 Å². The highest BCUT2D eigenvalue weighted by Crippen LogP contribution is 2.26. The van der Waals surface area contributed by atoms with Gasteiger partial charge in [0.15, 0.2) is 11.4 Å². The highest BCUT2D eigenvalue weighted by Gasteiger charge is 2.23. The Bertz CT molecular complexity index is 1530. The average molecular weight is 444 g/mol. The lowest BCUT2D eigenvalue weighted by atomic mass is 10.0. The SMILES string of the molecule is CCn1c(=O)n(CCN2CCc3ncc(C)cc3C2)c2nc3ncnc(-c4ccco4)c3n21. The molecule has 0 N–H and O–H groups in total. The number of hydrogen-bond acceptors (Lipinski definition) is 7. The number of imidazole rings is 1. The summed E-state index contributed by atoms with van der Waals surface area (Å²) >= 11 is 0. The molecule has 6 heterocycles. The molecule has 0 radical (unpaired) electrons. The van der Waals surface area contributed by atoms with Crippen molar-refractivity contribution in [3.63, 3.8) is 0 Å². The molecule has 0 bridgehead atoms. The van der Waals surface area contributed by atoms with Crippen LogP contribution in [0.25, 0.3) is 28.4 Å². The van der Waals surface area contributed by atoms with Crippen molar-refractivity contribution in [2.24, 2.45) is 0 Å². The molecule has 0 saturated carbocycles. The van der Waals surface area contributed by atoms with Crippen molar-refractivity contribution >= 4 is 16.9 Å². The Morgan fingerprint density at radius 2 is 2.09 bits per heavy atom. The monoisotopic (exact) mass is 444 g/mol. The Labute approximate surface area is 189 Å². The maximum atomic E-state index is 13.3. The van der Waals surface area contributed by atoms with Crippen LogP contribution >= 0.6 is 0 Å². The van der Waals surface area contributed by atoms with Crippen molar-refractivity contribution in [1.82, 2.24) is 38.6 Å². The van der Waals surface area contributed by atoms with Gasteiger partial charge >= 0.3 is 5.69 Å². The average Bonchev–Trinajstić information content (AvgIpc) is 3.53. The number of rotatable bonds is 5. The summed E-state index contributed by atoms with van der Waals surface area (Å²) in [6.07, 6.45) is 5.94. The van der Waals surface area contributed by atoms with E-state index >= 15 is 0 Å². The molecule has 0 amide bonds. The Balaban J connectivity index is 1.39. The summed E-state index contributed by atoms with van der Waals surface area (Å²) < 4.78 is 10.8. The Morgan fingerprint density at radius 1 is 1.18 bits per heavy atom. The highest BCUT2D eigenvalue weighted by atomic mass is 16.3. The zero-order valence-corrected chi connectivity index (χ0v) is 18.6. The summed E-state index contributed by atoms with van der Waals surface area (Å²) in [5.41, 5.74) is 5.36. The fourth-order valence-corrected chi connectivity index (χ4v) is 4.70. The molecule has 0 saturated heterocycles. The maximum absolute atomic E-state index is 13.3. The van der Waals surface area contributed by atoms with E-state index in [0.29, 0.717) is 41.5 Å². The van der Waals surface area contributed by atoms with Crippen LogP contribution < -0.4 is 5.69 Å². The quantitative estimate of drug-likeness (QED) is 0.410. The predicted molar refractivity (Wildman–Crippen MR) is 122 cm³/mol. The van der Waals surface area contributed by atoms with E-state index in [0.717, 1.165) is 26.1 Å². The Kier molecular flexibility index (Phi) is 4.61. The van der Waals surface area contributed by atoms with Crippen molar-refractivity contribution < 1.29 is 4.42 Å². The van der Waals surface area contributed by atoms with Gasteiger partial charge in [0, 0.05) is 51.0 Å². The van der Waals surface area contributed by atoms with Gasteiger partial charge in [-0.25, -0.2) is 24.0 Å². The molecule has 0 aliphatic carbocycles. The van der Waals surface area contributed by atoms with E-state index in [1.165, 1.54) is 23.1 Å². The molecule has 0 aromatic carbocycles. The molecule has 168 valence electrons. The van der Waals surface area contributed by atoms with Gasteiger partial charge < -0.3 is 4.42 Å². The smallest absolute Gasteiger partial charge is 0.346 e. The van der Waals surface area contributed by atoms with E-state index in [2.05, 4.69) is 32.8 Å². The second kappa shape index (κ2) is 7.66. The number of aromatic nitrogens is 7. The summed E-state index contributed by atoms with van der Waals surface area (Å²) in [4.78, 5) is 33.8. The zero-order chi connectivity index (χ0) is 22.5. The van der Waals surface area contributed by atoms with Gasteiger partial charge in [-0.2, -0.15) is 4.98 Å². The molecule has 10 heteroatoms. The van der Waals surface area contributed by atoms with E-state index in [1.807, 2.05) is 29.8 Å². The second-order valence-electron chi connectivity index (χ2n) is 8.39. The maximum Gasteiger partial charge on any atom is 0.346 e. The van der Waals surface area contributed by atoms with E-state index < -0.39 is 0 Å². The van der Waals surface area contributed by atoms with Crippen LogP contribution in [0.4, 0.5) is 0 Å². The zero-order valence-electron chi connectivity index (χ0n) is 18.6. The first kappa shape index (κ1) is 19.9. The molecule has 5 aromatic heterocycles. The molecular weight excluding hydrogens is 420 g/mol. The Hall–Kier alpha value is -3.79. The standard InChI is InChI=1S/C23H24N8O2/c1-3-30-23(32)29(9-8-28-7-6-17-16(13-28)11-15(2)12-24-17)22-27-21-20(31(22)30)19(25-14-26-21)18-5-4-10-33-18/h4-5,10-12,14H,3,6-9,13H2,1-2H3. The lowest BCUT2D eigenvalue weighted by molar-refractivity contribution is 0.241. The minimum absolute atomic E-state index is 0.0916. The van der Waals surface area contributed by atoms with Crippen molar-refractivity contribution in [2.75, 3.05) is 13.1 Å². The van der Waals surface area contributed by atoms with Gasteiger partial charge in [-0.15, -0.1) is 0 Å². The minimum Gasteiger partial charge on any atom is -0.463 e. The summed E-state index contributed by atoms with van der Waals surface area (Å²) in [6.45, 7) is 7.57. The number of fused-ring (bicyclic) bond motifs is 4. The summed E-state index contributed by atoms with van der Waals surface area (Å²) in [6, 6.07) is 5.87. The highest BCUT2D eigenvalue weighted by molar-refractivity contribution is 5.87. The number of nitrogens with zero attached hydrogens (tertiary/aromatic N) is 8. The van der Waals surface area contributed by atoms with Gasteiger partial charge in [-0.3, -0.25) is 14.5 Å². The molecule has 10 nitrogen and oxygen atoms in total. The molecule has 0 fully saturated rings. The lowest BCUT2D eigenvalue weighted by Gasteiger charge is -2.28. The van der Waals surface area contributed by atoms with Gasteiger partial charge in [0.05, 0.1) is 6.26 Å². The fraction of sp³-hybridized carbons (Fsp3) is 0.348. The summed E-state index contributed by atoms with van der Waals surface area (Å²) in [5, 5.41) is 0. The van der Waals surface area contributed by atoms with Crippen molar-refractivity contribution in [2.45, 2.75) is 39.9 Å². The first-order valence-corrected chi connectivity index (χ1v) is 11.2. The van der Waals surface area contributed by atoms with E-state index in [-0.39, 0.29) is 5.69 Å². The predicted octanol–water partition coefficient (Wildman–Crippen LogP) is 2.28. The van der Waals surface area contributed by atoms with Crippen LogP contribution in [0.15, 0.2) is 46.2 Å². The Morgan fingerprint density at radius 3 is 2.91 bits per heavy atom. The molecule has 5 aromatic rings. The van der Waals surface area contributed by atoms with Crippen molar-refractivity contribution in [3.05, 3.63) is 64.3 Å². The fourth-order valence-electron chi connectivity index (χ4n) is 4.70. The summed E-state index contributed by atoms with van der Waals surface area (Å²) in [5.74, 6) is 1.18. The number of hydrogen-bond donors (Lipinski definition) is 0. The largest absolute Gasteiger partial charge is 0.463 e. The molecule has 0 atom stereocenters. The topological polar surface area (TPSA) is 99.3 Å².